The van der Waals surface area contributed by atoms with Crippen LogP contribution in [0, 0.1) is 5.92 Å². The van der Waals surface area contributed by atoms with Crippen LogP contribution in [-0.4, -0.2) is 67.0 Å². The van der Waals surface area contributed by atoms with Crippen LogP contribution in [0.3, 0.4) is 0 Å². The molecule has 3 rings (SSSR count). The average molecular weight is 480 g/mol. The van der Waals surface area contributed by atoms with Gasteiger partial charge in [-0.3, -0.25) is 9.89 Å². The van der Waals surface area contributed by atoms with E-state index in [1.54, 1.807) is 0 Å². The van der Waals surface area contributed by atoms with E-state index in [-0.39, 0.29) is 24.0 Å². The minimum atomic E-state index is 0. The Morgan fingerprint density at radius 1 is 1.25 bits per heavy atom. The smallest absolute Gasteiger partial charge is 0.193 e. The lowest BCUT2D eigenvalue weighted by atomic mass is 10.0. The SMILES string of the molecule is CN=C(NCC1CCSCC1)N1CCN(Cc2cccs2)CC1.I. The third-order valence-electron chi connectivity index (χ3n) is 4.73. The highest BCUT2D eigenvalue weighted by molar-refractivity contribution is 14.0. The number of thiophene rings is 1. The summed E-state index contributed by atoms with van der Waals surface area (Å²) in [4.78, 5) is 10.9. The number of hydrogen-bond acceptors (Lipinski definition) is 4. The molecule has 0 amide bonds. The van der Waals surface area contributed by atoms with Gasteiger partial charge in [-0.2, -0.15) is 11.8 Å². The molecule has 0 aliphatic carbocycles. The summed E-state index contributed by atoms with van der Waals surface area (Å²) in [7, 11) is 1.91. The second kappa shape index (κ2) is 10.9. The molecule has 24 heavy (non-hydrogen) atoms. The number of nitrogens with one attached hydrogen (secondary N) is 1. The van der Waals surface area contributed by atoms with Crippen molar-refractivity contribution in [2.24, 2.45) is 10.9 Å². The highest BCUT2D eigenvalue weighted by Gasteiger charge is 2.21. The molecular weight excluding hydrogens is 451 g/mol. The van der Waals surface area contributed by atoms with Gasteiger partial charge < -0.3 is 10.2 Å². The molecule has 136 valence electrons. The lowest BCUT2D eigenvalue weighted by Crippen LogP contribution is -2.52. The summed E-state index contributed by atoms with van der Waals surface area (Å²) in [6.07, 6.45) is 2.70. The molecule has 2 aliphatic rings. The number of hydrogen-bond donors (Lipinski definition) is 1. The van der Waals surface area contributed by atoms with Crippen molar-refractivity contribution in [1.29, 1.82) is 0 Å². The first-order valence-corrected chi connectivity index (χ1v) is 10.7. The van der Waals surface area contributed by atoms with Gasteiger partial charge in [-0.25, -0.2) is 0 Å². The summed E-state index contributed by atoms with van der Waals surface area (Å²) in [5.74, 6) is 4.57. The van der Waals surface area contributed by atoms with Crippen molar-refractivity contribution in [3.05, 3.63) is 22.4 Å². The zero-order valence-corrected chi connectivity index (χ0v) is 18.4. The second-order valence-corrected chi connectivity index (χ2v) is 8.58. The fourth-order valence-corrected chi connectivity index (χ4v) is 5.21. The number of rotatable bonds is 4. The van der Waals surface area contributed by atoms with Crippen LogP contribution in [0.1, 0.15) is 17.7 Å². The van der Waals surface area contributed by atoms with Gasteiger partial charge in [0.2, 0.25) is 0 Å². The summed E-state index contributed by atoms with van der Waals surface area (Å²) in [6.45, 7) is 6.58. The van der Waals surface area contributed by atoms with Crippen LogP contribution in [-0.2, 0) is 6.54 Å². The Morgan fingerprint density at radius 3 is 2.62 bits per heavy atom. The summed E-state index contributed by atoms with van der Waals surface area (Å²) in [5, 5.41) is 5.79. The van der Waals surface area contributed by atoms with Crippen LogP contribution in [0.5, 0.6) is 0 Å². The Balaban J connectivity index is 0.00000208. The van der Waals surface area contributed by atoms with Crippen LogP contribution in [0.15, 0.2) is 22.5 Å². The predicted octanol–water partition coefficient (Wildman–Crippen LogP) is 3.20. The van der Waals surface area contributed by atoms with Gasteiger partial charge in [0, 0.05) is 51.2 Å². The van der Waals surface area contributed by atoms with Crippen LogP contribution < -0.4 is 5.32 Å². The van der Waals surface area contributed by atoms with E-state index in [0.29, 0.717) is 0 Å². The highest BCUT2D eigenvalue weighted by atomic mass is 127. The summed E-state index contributed by atoms with van der Waals surface area (Å²) in [5.41, 5.74) is 0. The molecule has 7 heteroatoms. The Labute approximate surface area is 171 Å². The van der Waals surface area contributed by atoms with Crippen LogP contribution in [0.4, 0.5) is 0 Å². The van der Waals surface area contributed by atoms with E-state index in [2.05, 4.69) is 49.4 Å². The monoisotopic (exact) mass is 480 g/mol. The number of thioether (sulfide) groups is 1. The largest absolute Gasteiger partial charge is 0.356 e. The standard InChI is InChI=1S/C17H28N4S2.HI/c1-18-17(19-13-15-4-11-22-12-5-15)21-8-6-20(7-9-21)14-16-3-2-10-23-16;/h2-3,10,15H,4-9,11-14H2,1H3,(H,18,19);1H. The molecule has 2 fully saturated rings. The summed E-state index contributed by atoms with van der Waals surface area (Å²) < 4.78 is 0. The first-order valence-electron chi connectivity index (χ1n) is 8.63. The van der Waals surface area contributed by atoms with Crippen molar-refractivity contribution in [1.82, 2.24) is 15.1 Å². The van der Waals surface area contributed by atoms with Crippen molar-refractivity contribution >= 4 is 53.0 Å². The lowest BCUT2D eigenvalue weighted by Gasteiger charge is -2.36. The Bertz CT molecular complexity index is 481. The molecule has 1 aromatic heterocycles. The van der Waals surface area contributed by atoms with Crippen LogP contribution in [0.25, 0.3) is 0 Å². The average Bonchev–Trinajstić information content (AvgIpc) is 3.11. The molecule has 2 aliphatic heterocycles. The highest BCUT2D eigenvalue weighted by Crippen LogP contribution is 2.22. The number of nitrogens with zero attached hydrogens (tertiary/aromatic N) is 3. The van der Waals surface area contributed by atoms with Gasteiger partial charge >= 0.3 is 0 Å². The molecule has 3 heterocycles. The normalized spacial score (nSPS) is 20.7. The molecule has 0 radical (unpaired) electrons. The second-order valence-electron chi connectivity index (χ2n) is 6.33. The molecule has 0 bridgehead atoms. The Kier molecular flexibility index (Phi) is 9.21. The van der Waals surface area contributed by atoms with E-state index in [0.717, 1.165) is 51.1 Å². The topological polar surface area (TPSA) is 30.9 Å². The predicted molar refractivity (Wildman–Crippen MR) is 118 cm³/mol. The van der Waals surface area contributed by atoms with E-state index in [1.807, 2.05) is 18.4 Å². The molecule has 0 aromatic carbocycles. The number of guanidine groups is 1. The van der Waals surface area contributed by atoms with E-state index < -0.39 is 0 Å². The zero-order chi connectivity index (χ0) is 15.9. The van der Waals surface area contributed by atoms with E-state index in [1.165, 1.54) is 29.2 Å². The summed E-state index contributed by atoms with van der Waals surface area (Å²) >= 11 is 3.95. The van der Waals surface area contributed by atoms with Crippen molar-refractivity contribution in [2.45, 2.75) is 19.4 Å². The molecule has 1 aromatic rings. The molecule has 0 atom stereocenters. The molecule has 0 spiro atoms. The van der Waals surface area contributed by atoms with Gasteiger partial charge in [-0.05, 0) is 41.7 Å². The van der Waals surface area contributed by atoms with Gasteiger partial charge in [0.25, 0.3) is 0 Å². The van der Waals surface area contributed by atoms with E-state index >= 15 is 0 Å². The zero-order valence-electron chi connectivity index (χ0n) is 14.4. The van der Waals surface area contributed by atoms with E-state index in [9.17, 15) is 0 Å². The number of aliphatic imine (C=N–C) groups is 1. The van der Waals surface area contributed by atoms with Gasteiger partial charge in [0.05, 0.1) is 0 Å². The van der Waals surface area contributed by atoms with Crippen molar-refractivity contribution in [3.8, 4) is 0 Å². The first-order chi connectivity index (χ1) is 11.3. The maximum atomic E-state index is 4.51. The van der Waals surface area contributed by atoms with Crippen molar-refractivity contribution in [2.75, 3.05) is 51.3 Å². The maximum Gasteiger partial charge on any atom is 0.193 e. The lowest BCUT2D eigenvalue weighted by molar-refractivity contribution is 0.173. The van der Waals surface area contributed by atoms with Crippen molar-refractivity contribution in [3.63, 3.8) is 0 Å². The maximum absolute atomic E-state index is 4.51. The third kappa shape index (κ3) is 6.07. The van der Waals surface area contributed by atoms with Gasteiger partial charge in [0.15, 0.2) is 5.96 Å². The Hall–Kier alpha value is 0.01000. The quantitative estimate of drug-likeness (QED) is 0.408. The van der Waals surface area contributed by atoms with Gasteiger partial charge in [0.1, 0.15) is 0 Å². The van der Waals surface area contributed by atoms with Gasteiger partial charge in [-0.1, -0.05) is 6.07 Å². The fourth-order valence-electron chi connectivity index (χ4n) is 3.26. The van der Waals surface area contributed by atoms with Crippen LogP contribution >= 0.6 is 47.1 Å². The molecule has 2 saturated heterocycles. The number of piperazine rings is 1. The molecule has 0 unspecified atom stereocenters. The molecule has 1 N–H and O–H groups in total. The fraction of sp³-hybridized carbons (Fsp3) is 0.706. The van der Waals surface area contributed by atoms with Crippen LogP contribution in [0.2, 0.25) is 0 Å². The molecule has 4 nitrogen and oxygen atoms in total. The molecular formula is C17H29IN4S2. The van der Waals surface area contributed by atoms with Gasteiger partial charge in [-0.15, -0.1) is 35.3 Å². The third-order valence-corrected chi connectivity index (χ3v) is 6.64. The first kappa shape index (κ1) is 20.3. The molecule has 0 saturated carbocycles. The van der Waals surface area contributed by atoms with Crippen molar-refractivity contribution < 1.29 is 0 Å². The minimum absolute atomic E-state index is 0. The Morgan fingerprint density at radius 2 is 2.00 bits per heavy atom. The minimum Gasteiger partial charge on any atom is -0.356 e. The number of halogens is 1. The summed E-state index contributed by atoms with van der Waals surface area (Å²) in [6, 6.07) is 4.38. The van der Waals surface area contributed by atoms with E-state index in [4.69, 9.17) is 0 Å².